The van der Waals surface area contributed by atoms with E-state index in [1.165, 1.54) is 0 Å². The van der Waals surface area contributed by atoms with Gasteiger partial charge in [0.05, 0.1) is 7.11 Å². The van der Waals surface area contributed by atoms with E-state index in [4.69, 9.17) is 16.3 Å². The summed E-state index contributed by atoms with van der Waals surface area (Å²) in [6.45, 7) is 4.24. The third kappa shape index (κ3) is 3.10. The summed E-state index contributed by atoms with van der Waals surface area (Å²) in [6, 6.07) is 8.26. The number of hydrogen-bond acceptors (Lipinski definition) is 3. The fraction of sp³-hybridized carbons (Fsp3) is 0.400. The molecule has 102 valence electrons. The summed E-state index contributed by atoms with van der Waals surface area (Å²) in [5.74, 6) is 2.72. The van der Waals surface area contributed by atoms with Gasteiger partial charge < -0.3 is 10.1 Å². The van der Waals surface area contributed by atoms with Crippen molar-refractivity contribution in [3.05, 3.63) is 30.5 Å². The molecule has 4 heteroatoms. The van der Waals surface area contributed by atoms with Gasteiger partial charge in [-0.1, -0.05) is 13.0 Å². The number of methoxy groups -OCH3 is 1. The maximum absolute atomic E-state index is 5.90. The first kappa shape index (κ1) is 13.9. The molecular weight excluding hydrogens is 260 g/mol. The van der Waals surface area contributed by atoms with Crippen molar-refractivity contribution in [2.45, 2.75) is 19.9 Å². The lowest BCUT2D eigenvalue weighted by Crippen LogP contribution is -2.25. The smallest absolute Gasteiger partial charge is 0.134 e. The van der Waals surface area contributed by atoms with E-state index in [0.717, 1.165) is 22.3 Å². The zero-order chi connectivity index (χ0) is 13.8. The lowest BCUT2D eigenvalue weighted by Gasteiger charge is -2.20. The van der Waals surface area contributed by atoms with Gasteiger partial charge in [0.2, 0.25) is 0 Å². The highest BCUT2D eigenvalue weighted by Gasteiger charge is 2.13. The molecule has 0 fully saturated rings. The zero-order valence-corrected chi connectivity index (χ0v) is 12.2. The normalized spacial score (nSPS) is 14.1. The first-order chi connectivity index (χ1) is 9.15. The summed E-state index contributed by atoms with van der Waals surface area (Å²) in [4.78, 5) is 4.43. The molecule has 2 unspecified atom stereocenters. The van der Waals surface area contributed by atoms with Crippen LogP contribution < -0.4 is 10.1 Å². The Bertz CT molecular complexity index is 559. The molecule has 2 rings (SSSR count). The summed E-state index contributed by atoms with van der Waals surface area (Å²) < 4.78 is 5.27. The van der Waals surface area contributed by atoms with Gasteiger partial charge in [-0.05, 0) is 36.4 Å². The number of ether oxygens (including phenoxy) is 1. The monoisotopic (exact) mass is 278 g/mol. The number of halogens is 1. The van der Waals surface area contributed by atoms with Crippen LogP contribution in [0.5, 0.6) is 5.75 Å². The molecule has 1 aromatic carbocycles. The summed E-state index contributed by atoms with van der Waals surface area (Å²) in [5.41, 5.74) is 0. The van der Waals surface area contributed by atoms with Crippen LogP contribution in [0.4, 0.5) is 5.82 Å². The molecule has 0 aliphatic heterocycles. The van der Waals surface area contributed by atoms with E-state index in [9.17, 15) is 0 Å². The number of anilines is 1. The molecule has 0 saturated heterocycles. The Morgan fingerprint density at radius 1 is 1.32 bits per heavy atom. The SMILES string of the molecule is COc1ccc2ccnc(NC(C)C(C)CCl)c2c1. The molecule has 3 nitrogen and oxygen atoms in total. The number of aromatic nitrogens is 1. The molecule has 0 saturated carbocycles. The Hall–Kier alpha value is -1.48. The Kier molecular flexibility index (Phi) is 4.48. The van der Waals surface area contributed by atoms with Gasteiger partial charge in [-0.2, -0.15) is 0 Å². The lowest BCUT2D eigenvalue weighted by molar-refractivity contribution is 0.415. The van der Waals surface area contributed by atoms with Crippen LogP contribution in [0.15, 0.2) is 30.5 Å². The second-order valence-corrected chi connectivity index (χ2v) is 5.12. The Morgan fingerprint density at radius 3 is 2.79 bits per heavy atom. The largest absolute Gasteiger partial charge is 0.497 e. The van der Waals surface area contributed by atoms with Crippen molar-refractivity contribution in [3.8, 4) is 5.75 Å². The van der Waals surface area contributed by atoms with Gasteiger partial charge >= 0.3 is 0 Å². The Labute approximate surface area is 118 Å². The van der Waals surface area contributed by atoms with Gasteiger partial charge in [0.15, 0.2) is 0 Å². The average molecular weight is 279 g/mol. The Balaban J connectivity index is 2.36. The minimum Gasteiger partial charge on any atom is -0.497 e. The van der Waals surface area contributed by atoms with E-state index in [2.05, 4.69) is 24.1 Å². The van der Waals surface area contributed by atoms with Crippen LogP contribution in [0, 0.1) is 5.92 Å². The topological polar surface area (TPSA) is 34.1 Å². The van der Waals surface area contributed by atoms with Crippen molar-refractivity contribution in [1.82, 2.24) is 4.98 Å². The fourth-order valence-electron chi connectivity index (χ4n) is 1.88. The van der Waals surface area contributed by atoms with E-state index in [-0.39, 0.29) is 6.04 Å². The van der Waals surface area contributed by atoms with Gasteiger partial charge in [-0.15, -0.1) is 11.6 Å². The maximum atomic E-state index is 5.90. The van der Waals surface area contributed by atoms with Crippen molar-refractivity contribution in [3.63, 3.8) is 0 Å². The van der Waals surface area contributed by atoms with E-state index < -0.39 is 0 Å². The molecule has 1 N–H and O–H groups in total. The third-order valence-corrected chi connectivity index (χ3v) is 3.92. The maximum Gasteiger partial charge on any atom is 0.134 e. The molecule has 0 amide bonds. The standard InChI is InChI=1S/C15H19ClN2O/c1-10(9-16)11(2)18-15-14-8-13(19-3)5-4-12(14)6-7-17-15/h4-8,10-11H,9H2,1-3H3,(H,17,18). The van der Waals surface area contributed by atoms with Crippen molar-refractivity contribution in [1.29, 1.82) is 0 Å². The van der Waals surface area contributed by atoms with Crippen molar-refractivity contribution >= 4 is 28.2 Å². The van der Waals surface area contributed by atoms with Crippen LogP contribution in [0.25, 0.3) is 10.8 Å². The zero-order valence-electron chi connectivity index (χ0n) is 11.5. The quantitative estimate of drug-likeness (QED) is 0.842. The second-order valence-electron chi connectivity index (χ2n) is 4.81. The van der Waals surface area contributed by atoms with Crippen LogP contribution in [0.1, 0.15) is 13.8 Å². The van der Waals surface area contributed by atoms with E-state index >= 15 is 0 Å². The minimum absolute atomic E-state index is 0.266. The minimum atomic E-state index is 0.266. The number of rotatable bonds is 5. The second kappa shape index (κ2) is 6.11. The predicted octanol–water partition coefficient (Wildman–Crippen LogP) is 3.92. The number of alkyl halides is 1. The summed E-state index contributed by atoms with van der Waals surface area (Å²) in [5, 5.41) is 5.64. The third-order valence-electron chi connectivity index (χ3n) is 3.43. The van der Waals surface area contributed by atoms with E-state index in [1.807, 2.05) is 30.5 Å². The first-order valence-electron chi connectivity index (χ1n) is 6.41. The molecule has 0 bridgehead atoms. The van der Waals surface area contributed by atoms with Gasteiger partial charge in [0.25, 0.3) is 0 Å². The van der Waals surface area contributed by atoms with Gasteiger partial charge in [-0.3, -0.25) is 0 Å². The number of benzene rings is 1. The van der Waals surface area contributed by atoms with Crippen LogP contribution >= 0.6 is 11.6 Å². The van der Waals surface area contributed by atoms with E-state index in [0.29, 0.717) is 11.8 Å². The molecule has 1 aromatic heterocycles. The number of fused-ring (bicyclic) bond motifs is 1. The van der Waals surface area contributed by atoms with Crippen LogP contribution in [-0.2, 0) is 0 Å². The summed E-state index contributed by atoms with van der Waals surface area (Å²) in [7, 11) is 1.67. The van der Waals surface area contributed by atoms with E-state index in [1.54, 1.807) is 7.11 Å². The summed E-state index contributed by atoms with van der Waals surface area (Å²) in [6.07, 6.45) is 1.81. The lowest BCUT2D eigenvalue weighted by atomic mass is 10.1. The van der Waals surface area contributed by atoms with Crippen LogP contribution in [0.2, 0.25) is 0 Å². The van der Waals surface area contributed by atoms with Gasteiger partial charge in [-0.25, -0.2) is 4.98 Å². The summed E-state index contributed by atoms with van der Waals surface area (Å²) >= 11 is 5.90. The molecule has 2 atom stereocenters. The average Bonchev–Trinajstić information content (AvgIpc) is 2.46. The molecule has 0 radical (unpaired) electrons. The molecular formula is C15H19ClN2O. The number of nitrogens with zero attached hydrogens (tertiary/aromatic N) is 1. The first-order valence-corrected chi connectivity index (χ1v) is 6.94. The number of pyridine rings is 1. The number of nitrogens with one attached hydrogen (secondary N) is 1. The van der Waals surface area contributed by atoms with Gasteiger partial charge in [0.1, 0.15) is 11.6 Å². The Morgan fingerprint density at radius 2 is 2.11 bits per heavy atom. The molecule has 0 aliphatic rings. The van der Waals surface area contributed by atoms with Crippen LogP contribution in [0.3, 0.4) is 0 Å². The molecule has 0 spiro atoms. The predicted molar refractivity (Wildman–Crippen MR) is 81.3 cm³/mol. The molecule has 2 aromatic rings. The van der Waals surface area contributed by atoms with Crippen molar-refractivity contribution in [2.24, 2.45) is 5.92 Å². The van der Waals surface area contributed by atoms with Gasteiger partial charge in [0, 0.05) is 23.5 Å². The molecule has 1 heterocycles. The molecule has 0 aliphatic carbocycles. The fourth-order valence-corrected chi connectivity index (χ4v) is 2.15. The van der Waals surface area contributed by atoms with Crippen molar-refractivity contribution in [2.75, 3.05) is 18.3 Å². The van der Waals surface area contributed by atoms with Crippen molar-refractivity contribution < 1.29 is 4.74 Å². The highest BCUT2D eigenvalue weighted by atomic mass is 35.5. The number of hydrogen-bond donors (Lipinski definition) is 1. The highest BCUT2D eigenvalue weighted by Crippen LogP contribution is 2.26. The highest BCUT2D eigenvalue weighted by molar-refractivity contribution is 6.18. The van der Waals surface area contributed by atoms with Crippen LogP contribution in [-0.4, -0.2) is 24.0 Å². The molecule has 19 heavy (non-hydrogen) atoms.